The quantitative estimate of drug-likeness (QED) is 0.235. The van der Waals surface area contributed by atoms with E-state index in [1.54, 1.807) is 12.1 Å². The minimum Gasteiger partial charge on any atom is -0.324 e. The van der Waals surface area contributed by atoms with Crippen molar-refractivity contribution < 1.29 is 17.5 Å². The van der Waals surface area contributed by atoms with E-state index in [9.17, 15) is 8.42 Å². The maximum absolute atomic E-state index is 10.5. The highest BCUT2D eigenvalue weighted by Crippen LogP contribution is 2.14. The Morgan fingerprint density at radius 3 is 1.87 bits per heavy atom. The Morgan fingerprint density at radius 2 is 1.35 bits per heavy atom. The van der Waals surface area contributed by atoms with Gasteiger partial charge in [-0.2, -0.15) is 8.42 Å². The van der Waals surface area contributed by atoms with Crippen LogP contribution in [-0.2, 0) is 16.5 Å². The smallest absolute Gasteiger partial charge is 0.294 e. The van der Waals surface area contributed by atoms with Gasteiger partial charge in [0.2, 0.25) is 0 Å². The first-order valence-electron chi connectivity index (χ1n) is 11.7. The summed E-state index contributed by atoms with van der Waals surface area (Å²) in [6.07, 6.45) is 8.11. The Balaban J connectivity index is 0.000000367. The monoisotopic (exact) mass is 448 g/mol. The molecular weight excluding hydrogens is 406 g/mol. The molecule has 0 amide bonds. The van der Waals surface area contributed by atoms with Gasteiger partial charge in [0.15, 0.2) is 0 Å². The van der Waals surface area contributed by atoms with E-state index in [2.05, 4.69) is 51.1 Å². The number of nitrogens with zero attached hydrogens (tertiary/aromatic N) is 1. The molecule has 0 aliphatic heterocycles. The van der Waals surface area contributed by atoms with E-state index >= 15 is 0 Å². The van der Waals surface area contributed by atoms with E-state index in [1.807, 2.05) is 6.92 Å². The van der Waals surface area contributed by atoms with Crippen molar-refractivity contribution in [2.75, 3.05) is 26.2 Å². The highest BCUT2D eigenvalue weighted by Gasteiger charge is 2.21. The van der Waals surface area contributed by atoms with E-state index in [0.717, 1.165) is 5.56 Å². The molecule has 1 N–H and O–H groups in total. The molecule has 0 unspecified atom stereocenters. The van der Waals surface area contributed by atoms with Crippen LogP contribution in [0.15, 0.2) is 59.5 Å². The summed E-state index contributed by atoms with van der Waals surface area (Å²) in [6.45, 7) is 14.2. The fraction of sp³-hybridized carbons (Fsp3) is 0.538. The number of rotatable bonds is 12. The molecule has 0 fully saturated rings. The Morgan fingerprint density at radius 1 is 0.774 bits per heavy atom. The molecule has 0 radical (unpaired) electrons. The van der Waals surface area contributed by atoms with Crippen LogP contribution in [-0.4, -0.2) is 43.6 Å². The van der Waals surface area contributed by atoms with Gasteiger partial charge in [-0.05, 0) is 57.7 Å². The summed E-state index contributed by atoms with van der Waals surface area (Å²) in [4.78, 5) is -0.0666. The molecule has 0 aliphatic rings. The van der Waals surface area contributed by atoms with Crippen molar-refractivity contribution in [3.63, 3.8) is 0 Å². The highest BCUT2D eigenvalue weighted by atomic mass is 32.2. The maximum Gasteiger partial charge on any atom is 0.294 e. The fourth-order valence-electron chi connectivity index (χ4n) is 3.82. The van der Waals surface area contributed by atoms with Gasteiger partial charge in [-0.1, -0.05) is 67.8 Å². The van der Waals surface area contributed by atoms with Crippen molar-refractivity contribution >= 4 is 10.1 Å². The van der Waals surface area contributed by atoms with E-state index in [0.29, 0.717) is 0 Å². The van der Waals surface area contributed by atoms with Crippen LogP contribution >= 0.6 is 0 Å². The topological polar surface area (TPSA) is 54.4 Å². The van der Waals surface area contributed by atoms with Gasteiger partial charge in [0.1, 0.15) is 0 Å². The van der Waals surface area contributed by atoms with Crippen LogP contribution in [0.2, 0.25) is 0 Å². The van der Waals surface area contributed by atoms with Crippen LogP contribution in [0.4, 0.5) is 0 Å². The first kappa shape index (κ1) is 27.3. The predicted octanol–water partition coefficient (Wildman–Crippen LogP) is 6.30. The fourth-order valence-corrected chi connectivity index (χ4v) is 4.30. The second-order valence-corrected chi connectivity index (χ2v) is 9.78. The minimum atomic E-state index is -4.02. The third-order valence-corrected chi connectivity index (χ3v) is 6.96. The molecule has 0 aliphatic carbocycles. The summed E-state index contributed by atoms with van der Waals surface area (Å²) in [7, 11) is -4.02. The Kier molecular flexibility index (Phi) is 12.7. The lowest BCUT2D eigenvalue weighted by Gasteiger charge is -2.37. The lowest BCUT2D eigenvalue weighted by atomic mass is 10.1. The third kappa shape index (κ3) is 10.9. The summed E-state index contributed by atoms with van der Waals surface area (Å²) < 4.78 is 30.9. The van der Waals surface area contributed by atoms with Crippen LogP contribution in [0.3, 0.4) is 0 Å². The van der Waals surface area contributed by atoms with E-state index in [1.165, 1.54) is 86.9 Å². The third-order valence-electron chi connectivity index (χ3n) is 6.09. The average molecular weight is 449 g/mol. The van der Waals surface area contributed by atoms with Gasteiger partial charge in [-0.3, -0.25) is 4.55 Å². The highest BCUT2D eigenvalue weighted by molar-refractivity contribution is 7.85. The standard InChI is InChI=1S/C19H34N.C7H8O3S/c1-4-7-8-12-17-20(5-2,6-3)18-13-16-19-14-10-9-11-15-19;1-6-2-4-7(5-3-6)11(8,9)10/h9-11,14-15H,4-8,12-13,16-18H2,1-3H3;2-5H,1H3,(H,8,9,10)/q+1;. The van der Waals surface area contributed by atoms with Crippen LogP contribution in [0.25, 0.3) is 0 Å². The molecule has 174 valence electrons. The zero-order valence-corrected chi connectivity index (χ0v) is 20.7. The van der Waals surface area contributed by atoms with E-state index in [4.69, 9.17) is 4.55 Å². The van der Waals surface area contributed by atoms with Crippen LogP contribution in [0.5, 0.6) is 0 Å². The summed E-state index contributed by atoms with van der Waals surface area (Å²) in [6, 6.07) is 16.9. The van der Waals surface area contributed by atoms with Crippen LogP contribution in [0, 0.1) is 6.92 Å². The van der Waals surface area contributed by atoms with Crippen LogP contribution in [0.1, 0.15) is 64.0 Å². The predicted molar refractivity (Wildman–Crippen MR) is 131 cm³/mol. The second-order valence-electron chi connectivity index (χ2n) is 8.36. The Labute approximate surface area is 190 Å². The van der Waals surface area contributed by atoms with Crippen molar-refractivity contribution in [1.29, 1.82) is 0 Å². The first-order valence-corrected chi connectivity index (χ1v) is 13.1. The molecule has 2 aromatic carbocycles. The number of hydrogen-bond donors (Lipinski definition) is 1. The van der Waals surface area contributed by atoms with E-state index < -0.39 is 10.1 Å². The van der Waals surface area contributed by atoms with Gasteiger partial charge in [-0.15, -0.1) is 0 Å². The maximum atomic E-state index is 10.5. The number of aryl methyl sites for hydroxylation is 2. The molecular formula is C26H42NO3S+. The molecule has 0 spiro atoms. The lowest BCUT2D eigenvalue weighted by Crippen LogP contribution is -2.49. The normalized spacial score (nSPS) is 11.6. The molecule has 2 rings (SSSR count). The lowest BCUT2D eigenvalue weighted by molar-refractivity contribution is -0.925. The summed E-state index contributed by atoms with van der Waals surface area (Å²) in [5, 5.41) is 0. The van der Waals surface area contributed by atoms with E-state index in [-0.39, 0.29) is 4.90 Å². The SMILES string of the molecule is CCCCCC[N+](CC)(CC)CCCc1ccccc1.Cc1ccc(S(=O)(=O)O)cc1. The average Bonchev–Trinajstić information content (AvgIpc) is 2.76. The Bertz CT molecular complexity index is 813. The van der Waals surface area contributed by atoms with Crippen molar-refractivity contribution in [1.82, 2.24) is 0 Å². The summed E-state index contributed by atoms with van der Waals surface area (Å²) in [5.74, 6) is 0. The van der Waals surface area contributed by atoms with Gasteiger partial charge < -0.3 is 4.48 Å². The first-order chi connectivity index (χ1) is 14.8. The van der Waals surface area contributed by atoms with Gasteiger partial charge in [0.25, 0.3) is 10.1 Å². The molecule has 4 nitrogen and oxygen atoms in total. The second kappa shape index (κ2) is 14.4. The number of quaternary nitrogens is 1. The van der Waals surface area contributed by atoms with Gasteiger partial charge in [0, 0.05) is 6.42 Å². The summed E-state index contributed by atoms with van der Waals surface area (Å²) in [5.41, 5.74) is 2.45. The largest absolute Gasteiger partial charge is 0.324 e. The molecule has 0 saturated heterocycles. The van der Waals surface area contributed by atoms with Crippen molar-refractivity contribution in [2.24, 2.45) is 0 Å². The van der Waals surface area contributed by atoms with Crippen LogP contribution < -0.4 is 0 Å². The number of unbranched alkanes of at least 4 members (excludes halogenated alkanes) is 3. The van der Waals surface area contributed by atoms with Crippen molar-refractivity contribution in [3.05, 3.63) is 65.7 Å². The molecule has 31 heavy (non-hydrogen) atoms. The zero-order valence-electron chi connectivity index (χ0n) is 19.9. The minimum absolute atomic E-state index is 0.0666. The molecule has 0 saturated carbocycles. The van der Waals surface area contributed by atoms with Gasteiger partial charge in [0.05, 0.1) is 31.1 Å². The van der Waals surface area contributed by atoms with Crippen molar-refractivity contribution in [2.45, 2.75) is 71.1 Å². The number of hydrogen-bond acceptors (Lipinski definition) is 2. The van der Waals surface area contributed by atoms with Gasteiger partial charge >= 0.3 is 0 Å². The molecule has 5 heteroatoms. The molecule has 0 bridgehead atoms. The van der Waals surface area contributed by atoms with Crippen molar-refractivity contribution in [3.8, 4) is 0 Å². The molecule has 0 atom stereocenters. The molecule has 0 heterocycles. The molecule has 2 aromatic rings. The Hall–Kier alpha value is -1.69. The van der Waals surface area contributed by atoms with Gasteiger partial charge in [-0.25, -0.2) is 0 Å². The zero-order chi connectivity index (χ0) is 23.2. The number of benzene rings is 2. The molecule has 0 aromatic heterocycles. The summed E-state index contributed by atoms with van der Waals surface area (Å²) >= 11 is 0.